The number of hydrogen-bond acceptors (Lipinski definition) is 4. The van der Waals surface area contributed by atoms with Crippen molar-refractivity contribution < 1.29 is 9.90 Å². The summed E-state index contributed by atoms with van der Waals surface area (Å²) in [6.07, 6.45) is 0.816. The van der Waals surface area contributed by atoms with Crippen LogP contribution in [0, 0.1) is 0 Å². The summed E-state index contributed by atoms with van der Waals surface area (Å²) in [4.78, 5) is 14.4. The van der Waals surface area contributed by atoms with E-state index in [2.05, 4.69) is 10.4 Å². The Balaban J connectivity index is 1.84. The number of benzene rings is 1. The Hall–Kier alpha value is -2.18. The van der Waals surface area contributed by atoms with Crippen molar-refractivity contribution in [2.24, 2.45) is 0 Å². The lowest BCUT2D eigenvalue weighted by Gasteiger charge is -2.30. The van der Waals surface area contributed by atoms with Crippen molar-refractivity contribution in [3.8, 4) is 0 Å². The van der Waals surface area contributed by atoms with Crippen molar-refractivity contribution in [2.45, 2.75) is 25.1 Å². The number of likely N-dealkylation sites (N-methyl/N-ethyl adjacent to an activating group) is 1. The van der Waals surface area contributed by atoms with Gasteiger partial charge in [0.2, 0.25) is 0 Å². The topological polar surface area (TPSA) is 70.4 Å². The minimum atomic E-state index is -1.14. The van der Waals surface area contributed by atoms with Crippen molar-refractivity contribution in [2.75, 3.05) is 20.1 Å². The van der Waals surface area contributed by atoms with Crippen molar-refractivity contribution in [1.29, 1.82) is 0 Å². The van der Waals surface area contributed by atoms with Gasteiger partial charge in [-0.1, -0.05) is 30.3 Å². The number of fused-ring (bicyclic) bond motifs is 3. The predicted octanol–water partition coefficient (Wildman–Crippen LogP) is 0.502. The third kappa shape index (κ3) is 2.26. The van der Waals surface area contributed by atoms with Gasteiger partial charge in [-0.15, -0.1) is 0 Å². The van der Waals surface area contributed by atoms with Gasteiger partial charge in [-0.25, -0.2) is 0 Å². The normalized spacial score (nSPS) is 24.1. The average molecular weight is 312 g/mol. The number of rotatable bonds is 1. The molecule has 6 nitrogen and oxygen atoms in total. The first-order valence-corrected chi connectivity index (χ1v) is 7.91. The molecule has 1 aromatic heterocycles. The van der Waals surface area contributed by atoms with Gasteiger partial charge in [0.05, 0.1) is 18.8 Å². The third-order valence-corrected chi connectivity index (χ3v) is 4.74. The molecule has 0 saturated carbocycles. The van der Waals surface area contributed by atoms with Crippen molar-refractivity contribution >= 4 is 5.91 Å². The summed E-state index contributed by atoms with van der Waals surface area (Å²) in [6.45, 7) is 2.07. The van der Waals surface area contributed by atoms with E-state index in [4.69, 9.17) is 0 Å². The lowest BCUT2D eigenvalue weighted by atomic mass is 9.93. The molecule has 2 aliphatic rings. The van der Waals surface area contributed by atoms with E-state index in [0.29, 0.717) is 12.2 Å². The highest BCUT2D eigenvalue weighted by Crippen LogP contribution is 2.30. The maximum absolute atomic E-state index is 12.8. The maximum Gasteiger partial charge on any atom is 0.272 e. The molecular formula is C17H20N4O2. The largest absolute Gasteiger partial charge is 0.381 e. The Labute approximate surface area is 134 Å². The third-order valence-electron chi connectivity index (χ3n) is 4.74. The summed E-state index contributed by atoms with van der Waals surface area (Å²) in [5.74, 6) is -0.0747. The van der Waals surface area contributed by atoms with E-state index in [1.54, 1.807) is 16.6 Å². The monoisotopic (exact) mass is 312 g/mol. The fourth-order valence-corrected chi connectivity index (χ4v) is 3.58. The summed E-state index contributed by atoms with van der Waals surface area (Å²) in [5.41, 5.74) is 2.22. The molecular weight excluding hydrogens is 292 g/mol. The highest BCUT2D eigenvalue weighted by Gasteiger charge is 2.40. The smallest absolute Gasteiger partial charge is 0.272 e. The number of β-amino-alcohol motifs (C(OH)–C–C–N with tert-alkyl or cyclic N) is 1. The summed E-state index contributed by atoms with van der Waals surface area (Å²) in [5, 5.41) is 19.2. The highest BCUT2D eigenvalue weighted by atomic mass is 16.3. The van der Waals surface area contributed by atoms with Gasteiger partial charge >= 0.3 is 0 Å². The molecule has 4 rings (SSSR count). The molecule has 1 amide bonds. The summed E-state index contributed by atoms with van der Waals surface area (Å²) in [6, 6.07) is 9.52. The van der Waals surface area contributed by atoms with Crippen molar-refractivity contribution in [3.63, 3.8) is 0 Å². The molecule has 1 atom stereocenters. The molecule has 0 fully saturated rings. The van der Waals surface area contributed by atoms with Gasteiger partial charge in [-0.05, 0) is 5.56 Å². The molecule has 0 radical (unpaired) electrons. The number of nitrogens with one attached hydrogen (secondary N) is 1. The Morgan fingerprint density at radius 2 is 2.04 bits per heavy atom. The van der Waals surface area contributed by atoms with Crippen molar-refractivity contribution in [1.82, 2.24) is 20.0 Å². The molecule has 2 aliphatic heterocycles. The molecule has 3 heterocycles. The zero-order chi connectivity index (χ0) is 16.0. The highest BCUT2D eigenvalue weighted by molar-refractivity contribution is 5.94. The van der Waals surface area contributed by atoms with Crippen molar-refractivity contribution in [3.05, 3.63) is 52.8 Å². The number of carbonyl (C=O) groups is 1. The molecule has 120 valence electrons. The summed E-state index contributed by atoms with van der Waals surface area (Å²) < 4.78 is 1.70. The van der Waals surface area contributed by atoms with Crippen LogP contribution in [0.25, 0.3) is 0 Å². The van der Waals surface area contributed by atoms with E-state index in [-0.39, 0.29) is 19.0 Å². The quantitative estimate of drug-likeness (QED) is 0.805. The van der Waals surface area contributed by atoms with E-state index >= 15 is 0 Å². The first kappa shape index (κ1) is 14.4. The van der Waals surface area contributed by atoms with Gasteiger partial charge in [0.1, 0.15) is 11.3 Å². The van der Waals surface area contributed by atoms with Crippen LogP contribution in [-0.4, -0.2) is 45.8 Å². The van der Waals surface area contributed by atoms with Gasteiger partial charge < -0.3 is 15.3 Å². The number of nitrogens with zero attached hydrogens (tertiary/aromatic N) is 3. The van der Waals surface area contributed by atoms with Crippen LogP contribution in [0.4, 0.5) is 0 Å². The molecule has 2 N–H and O–H groups in total. The fourth-order valence-electron chi connectivity index (χ4n) is 3.58. The maximum atomic E-state index is 12.8. The molecule has 1 aromatic carbocycles. The lowest BCUT2D eigenvalue weighted by Crippen LogP contribution is -2.41. The second-order valence-corrected chi connectivity index (χ2v) is 6.42. The van der Waals surface area contributed by atoms with Gasteiger partial charge in [0, 0.05) is 32.1 Å². The molecule has 0 bridgehead atoms. The molecule has 23 heavy (non-hydrogen) atoms. The number of hydrogen-bond donors (Lipinski definition) is 2. The summed E-state index contributed by atoms with van der Waals surface area (Å²) in [7, 11) is 1.74. The van der Waals surface area contributed by atoms with Crippen LogP contribution in [0.3, 0.4) is 0 Å². The van der Waals surface area contributed by atoms with Gasteiger partial charge in [0.25, 0.3) is 5.91 Å². The van der Waals surface area contributed by atoms with Crippen LogP contribution in [0.2, 0.25) is 0 Å². The number of amides is 1. The van der Waals surface area contributed by atoms with Crippen LogP contribution < -0.4 is 5.32 Å². The van der Waals surface area contributed by atoms with Crippen LogP contribution in [-0.2, 0) is 25.1 Å². The van der Waals surface area contributed by atoms with E-state index in [1.807, 2.05) is 30.3 Å². The second-order valence-electron chi connectivity index (χ2n) is 6.42. The Morgan fingerprint density at radius 3 is 2.83 bits per heavy atom. The van der Waals surface area contributed by atoms with Gasteiger partial charge in [-0.2, -0.15) is 5.10 Å². The number of aliphatic hydroxyl groups is 1. The van der Waals surface area contributed by atoms with Gasteiger partial charge in [-0.3, -0.25) is 9.48 Å². The molecule has 0 spiro atoms. The van der Waals surface area contributed by atoms with Crippen LogP contribution in [0.5, 0.6) is 0 Å². The first-order valence-electron chi connectivity index (χ1n) is 7.91. The Morgan fingerprint density at radius 1 is 1.26 bits per heavy atom. The van der Waals surface area contributed by atoms with E-state index in [0.717, 1.165) is 29.8 Å². The minimum Gasteiger partial charge on any atom is -0.381 e. The first-order chi connectivity index (χ1) is 11.1. The standard InChI is InChI=1S/C17H20N4O2/c1-20-10-17(23,12-5-3-2-4-6-12)11-21-15(16(20)22)13-9-18-8-7-14(13)19-21/h2-6,18,23H,7-11H2,1H3. The SMILES string of the molecule is CN1CC(O)(c2ccccc2)Cn2nc3c(c2C1=O)CNCC3. The average Bonchev–Trinajstić information content (AvgIpc) is 2.87. The molecule has 1 unspecified atom stereocenters. The lowest BCUT2D eigenvalue weighted by molar-refractivity contribution is -0.00311. The zero-order valence-electron chi connectivity index (χ0n) is 13.1. The number of carbonyl (C=O) groups excluding carboxylic acids is 1. The van der Waals surface area contributed by atoms with Crippen LogP contribution in [0.1, 0.15) is 27.3 Å². The second kappa shape index (κ2) is 5.18. The molecule has 2 aromatic rings. The Bertz CT molecular complexity index is 755. The Kier molecular flexibility index (Phi) is 3.25. The van der Waals surface area contributed by atoms with Crippen LogP contribution in [0.15, 0.2) is 30.3 Å². The molecule has 6 heteroatoms. The van der Waals surface area contributed by atoms with Gasteiger partial charge in [0.15, 0.2) is 0 Å². The molecule has 0 aliphatic carbocycles. The predicted molar refractivity (Wildman–Crippen MR) is 84.9 cm³/mol. The van der Waals surface area contributed by atoms with E-state index in [1.165, 1.54) is 0 Å². The van der Waals surface area contributed by atoms with E-state index < -0.39 is 5.60 Å². The van der Waals surface area contributed by atoms with E-state index in [9.17, 15) is 9.90 Å². The fraction of sp³-hybridized carbons (Fsp3) is 0.412. The number of aromatic nitrogens is 2. The zero-order valence-corrected chi connectivity index (χ0v) is 13.1. The minimum absolute atomic E-state index is 0.0747. The van der Waals surface area contributed by atoms with Crippen LogP contribution >= 0.6 is 0 Å². The molecule has 0 saturated heterocycles. The summed E-state index contributed by atoms with van der Waals surface area (Å²) >= 11 is 0.